The summed E-state index contributed by atoms with van der Waals surface area (Å²) in [6.07, 6.45) is 0. The number of fused-ring (bicyclic) bond motifs is 3. The van der Waals surface area contributed by atoms with Gasteiger partial charge in [-0.05, 0) is 18.2 Å². The summed E-state index contributed by atoms with van der Waals surface area (Å²) >= 11 is 0. The number of nitrogens with zero attached hydrogens (tertiary/aromatic N) is 2. The summed E-state index contributed by atoms with van der Waals surface area (Å²) < 4.78 is 1.48. The summed E-state index contributed by atoms with van der Waals surface area (Å²) in [6, 6.07) is 21.3. The molecule has 22 heavy (non-hydrogen) atoms. The van der Waals surface area contributed by atoms with Crippen molar-refractivity contribution in [3.05, 3.63) is 66.7 Å². The van der Waals surface area contributed by atoms with E-state index in [0.717, 1.165) is 27.7 Å². The molecule has 0 saturated heterocycles. The first-order valence-electron chi connectivity index (χ1n) is 7.07. The first kappa shape index (κ1) is 13.1. The Morgan fingerprint density at radius 1 is 0.773 bits per heavy atom. The highest BCUT2D eigenvalue weighted by Gasteiger charge is 2.20. The van der Waals surface area contributed by atoms with Gasteiger partial charge >= 0.3 is 7.25 Å². The average molecular weight is 288 g/mol. The van der Waals surface area contributed by atoms with Gasteiger partial charge in [0.1, 0.15) is 0 Å². The molecule has 0 bridgehead atoms. The Kier molecular flexibility index (Phi) is 2.96. The Bertz CT molecular complexity index is 964. The molecule has 0 aliphatic rings. The van der Waals surface area contributed by atoms with E-state index in [0.29, 0.717) is 5.52 Å². The normalized spacial score (nSPS) is 11.2. The summed E-state index contributed by atoms with van der Waals surface area (Å²) in [6.45, 7) is 0. The van der Waals surface area contributed by atoms with Gasteiger partial charge in [0.15, 0.2) is 0 Å². The maximum atomic E-state index is 9.69. The van der Waals surface area contributed by atoms with E-state index in [-0.39, 0.29) is 0 Å². The smallest absolute Gasteiger partial charge is 0.407 e. The van der Waals surface area contributed by atoms with Crippen LogP contribution in [0.15, 0.2) is 66.7 Å². The molecule has 0 aliphatic carbocycles. The van der Waals surface area contributed by atoms with Crippen LogP contribution in [0.3, 0.4) is 0 Å². The lowest BCUT2D eigenvalue weighted by Gasteiger charge is -2.05. The molecule has 2 aromatic carbocycles. The maximum Gasteiger partial charge on any atom is 0.592 e. The highest BCUT2D eigenvalue weighted by Crippen LogP contribution is 2.29. The standard InChI is InChI=1S/C17H13BN2O2/c21-18(22)20-15-9-5-4-8-13(15)17-16(20)11-10-14(19-17)12-6-2-1-3-7-12/h1-11,21-22H. The van der Waals surface area contributed by atoms with E-state index in [1.54, 1.807) is 0 Å². The molecule has 0 aliphatic heterocycles. The van der Waals surface area contributed by atoms with E-state index in [2.05, 4.69) is 0 Å². The van der Waals surface area contributed by atoms with Crippen LogP contribution in [-0.4, -0.2) is 26.8 Å². The number of hydrogen-bond acceptors (Lipinski definition) is 3. The summed E-state index contributed by atoms with van der Waals surface area (Å²) in [5.74, 6) is 0. The van der Waals surface area contributed by atoms with Gasteiger partial charge in [-0.25, -0.2) is 4.98 Å². The van der Waals surface area contributed by atoms with Crippen LogP contribution >= 0.6 is 0 Å². The molecule has 0 fully saturated rings. The summed E-state index contributed by atoms with van der Waals surface area (Å²) in [5, 5.41) is 20.3. The van der Waals surface area contributed by atoms with E-state index >= 15 is 0 Å². The van der Waals surface area contributed by atoms with Crippen LogP contribution in [0.25, 0.3) is 33.2 Å². The first-order valence-corrected chi connectivity index (χ1v) is 7.07. The van der Waals surface area contributed by atoms with Crippen LogP contribution in [0, 0.1) is 0 Å². The van der Waals surface area contributed by atoms with Gasteiger partial charge in [-0.3, -0.25) is 0 Å². The van der Waals surface area contributed by atoms with Gasteiger partial charge in [-0.15, -0.1) is 0 Å². The SMILES string of the molecule is OB(O)n1c2ccccc2c2nc(-c3ccccc3)ccc21. The number of hydrogen-bond donors (Lipinski definition) is 2. The Hall–Kier alpha value is -2.63. The highest BCUT2D eigenvalue weighted by molar-refractivity contribution is 6.43. The fraction of sp³-hybridized carbons (Fsp3) is 0. The van der Waals surface area contributed by atoms with Crippen molar-refractivity contribution in [2.24, 2.45) is 0 Å². The molecule has 4 aromatic rings. The number of pyridine rings is 1. The second kappa shape index (κ2) is 4.98. The topological polar surface area (TPSA) is 58.3 Å². The Balaban J connectivity index is 2.07. The van der Waals surface area contributed by atoms with Gasteiger partial charge in [0.2, 0.25) is 0 Å². The van der Waals surface area contributed by atoms with Crippen molar-refractivity contribution in [2.45, 2.75) is 0 Å². The maximum absolute atomic E-state index is 9.69. The molecular weight excluding hydrogens is 275 g/mol. The van der Waals surface area contributed by atoms with Crippen LogP contribution in [0.5, 0.6) is 0 Å². The Morgan fingerprint density at radius 3 is 2.27 bits per heavy atom. The minimum absolute atomic E-state index is 0.705. The minimum Gasteiger partial charge on any atom is -0.407 e. The van der Waals surface area contributed by atoms with Crippen molar-refractivity contribution in [2.75, 3.05) is 0 Å². The number of benzene rings is 2. The zero-order valence-corrected chi connectivity index (χ0v) is 11.7. The van der Waals surface area contributed by atoms with Crippen LogP contribution in [0.1, 0.15) is 0 Å². The van der Waals surface area contributed by atoms with E-state index in [4.69, 9.17) is 4.98 Å². The van der Waals surface area contributed by atoms with Crippen molar-refractivity contribution in [1.29, 1.82) is 0 Å². The largest absolute Gasteiger partial charge is 0.592 e. The fourth-order valence-electron chi connectivity index (χ4n) is 2.88. The van der Waals surface area contributed by atoms with Gasteiger partial charge in [-0.2, -0.15) is 0 Å². The number of para-hydroxylation sites is 1. The second-order valence-corrected chi connectivity index (χ2v) is 5.16. The molecule has 106 valence electrons. The summed E-state index contributed by atoms with van der Waals surface area (Å²) in [5.41, 5.74) is 4.13. The molecule has 2 aromatic heterocycles. The molecule has 4 nitrogen and oxygen atoms in total. The lowest BCUT2D eigenvalue weighted by molar-refractivity contribution is 0.396. The number of rotatable bonds is 2. The summed E-state index contributed by atoms with van der Waals surface area (Å²) in [7, 11) is -1.59. The zero-order chi connectivity index (χ0) is 15.1. The average Bonchev–Trinajstić information content (AvgIpc) is 2.89. The van der Waals surface area contributed by atoms with Crippen molar-refractivity contribution < 1.29 is 10.0 Å². The van der Waals surface area contributed by atoms with E-state index in [1.165, 1.54) is 4.48 Å². The minimum atomic E-state index is -1.59. The molecule has 0 radical (unpaired) electrons. The van der Waals surface area contributed by atoms with E-state index < -0.39 is 7.25 Å². The quantitative estimate of drug-likeness (QED) is 0.557. The van der Waals surface area contributed by atoms with Crippen LogP contribution in [-0.2, 0) is 0 Å². The third-order valence-corrected chi connectivity index (χ3v) is 3.85. The van der Waals surface area contributed by atoms with Gasteiger partial charge in [0.05, 0.1) is 16.7 Å². The third kappa shape index (κ3) is 1.91. The molecule has 2 N–H and O–H groups in total. The molecule has 0 saturated carbocycles. The molecule has 0 spiro atoms. The highest BCUT2D eigenvalue weighted by atomic mass is 16.4. The predicted octanol–water partition coefficient (Wildman–Crippen LogP) is 2.67. The number of aromatic nitrogens is 2. The van der Waals surface area contributed by atoms with Crippen LogP contribution in [0.4, 0.5) is 0 Å². The monoisotopic (exact) mass is 288 g/mol. The third-order valence-electron chi connectivity index (χ3n) is 3.85. The molecule has 5 heteroatoms. The van der Waals surface area contributed by atoms with Gasteiger partial charge in [-0.1, -0.05) is 48.5 Å². The lowest BCUT2D eigenvalue weighted by atomic mass is 10.1. The van der Waals surface area contributed by atoms with Crippen molar-refractivity contribution in [3.8, 4) is 11.3 Å². The van der Waals surface area contributed by atoms with Gasteiger partial charge in [0.25, 0.3) is 0 Å². The van der Waals surface area contributed by atoms with E-state index in [1.807, 2.05) is 66.7 Å². The molecule has 0 atom stereocenters. The van der Waals surface area contributed by atoms with Gasteiger partial charge < -0.3 is 14.5 Å². The molecule has 0 unspecified atom stereocenters. The molecule has 0 amide bonds. The second-order valence-electron chi connectivity index (χ2n) is 5.16. The van der Waals surface area contributed by atoms with Crippen molar-refractivity contribution in [3.63, 3.8) is 0 Å². The van der Waals surface area contributed by atoms with Crippen LogP contribution < -0.4 is 0 Å². The zero-order valence-electron chi connectivity index (χ0n) is 11.7. The first-order chi connectivity index (χ1) is 10.8. The fourth-order valence-corrected chi connectivity index (χ4v) is 2.88. The Morgan fingerprint density at radius 2 is 1.50 bits per heavy atom. The molecule has 4 rings (SSSR count). The lowest BCUT2D eigenvalue weighted by Crippen LogP contribution is -2.23. The molecule has 2 heterocycles. The van der Waals surface area contributed by atoms with Crippen molar-refractivity contribution >= 4 is 29.2 Å². The van der Waals surface area contributed by atoms with Crippen LogP contribution in [0.2, 0.25) is 0 Å². The van der Waals surface area contributed by atoms with Crippen molar-refractivity contribution in [1.82, 2.24) is 9.46 Å². The van der Waals surface area contributed by atoms with Gasteiger partial charge in [0, 0.05) is 16.5 Å². The van der Waals surface area contributed by atoms with E-state index in [9.17, 15) is 10.0 Å². The molecular formula is C17H13BN2O2. The predicted molar refractivity (Wildman–Crippen MR) is 88.3 cm³/mol. The summed E-state index contributed by atoms with van der Waals surface area (Å²) in [4.78, 5) is 4.73. The Labute approximate surface area is 127 Å².